The Hall–Kier alpha value is -2.41. The molecule has 7 nitrogen and oxygen atoms in total. The van der Waals surface area contributed by atoms with Crippen molar-refractivity contribution in [2.45, 2.75) is 32.8 Å². The first-order valence-electron chi connectivity index (χ1n) is 8.51. The number of morpholine rings is 1. The molecule has 2 aromatic heterocycles. The minimum Gasteiger partial charge on any atom is -0.388 e. The van der Waals surface area contributed by atoms with Gasteiger partial charge in [0.15, 0.2) is 0 Å². The number of carbonyl (C=O) groups excluding carboxylic acids is 1. The number of hydrogen-bond donors (Lipinski definition) is 1. The molecule has 134 valence electrons. The maximum Gasteiger partial charge on any atom is 0.292 e. The molecule has 3 rings (SSSR count). The van der Waals surface area contributed by atoms with E-state index in [2.05, 4.69) is 15.5 Å². The fraction of sp³-hybridized carbons (Fsp3) is 0.500. The van der Waals surface area contributed by atoms with E-state index in [9.17, 15) is 4.79 Å². The summed E-state index contributed by atoms with van der Waals surface area (Å²) >= 11 is 0. The van der Waals surface area contributed by atoms with Gasteiger partial charge >= 0.3 is 0 Å². The molecule has 1 saturated heterocycles. The number of amides is 1. The molecule has 1 amide bonds. The highest BCUT2D eigenvalue weighted by Crippen LogP contribution is 2.25. The van der Waals surface area contributed by atoms with E-state index >= 15 is 0 Å². The van der Waals surface area contributed by atoms with Crippen LogP contribution in [0.1, 0.15) is 53.5 Å². The Bertz CT molecular complexity index is 757. The van der Waals surface area contributed by atoms with E-state index in [1.54, 1.807) is 11.0 Å². The quantitative estimate of drug-likeness (QED) is 0.918. The van der Waals surface area contributed by atoms with E-state index in [1.165, 1.54) is 0 Å². The molecule has 1 atom stereocenters. The van der Waals surface area contributed by atoms with Gasteiger partial charge in [0.25, 0.3) is 5.91 Å². The summed E-state index contributed by atoms with van der Waals surface area (Å²) in [6, 6.07) is 5.65. The van der Waals surface area contributed by atoms with Crippen molar-refractivity contribution < 1.29 is 14.1 Å². The molecule has 7 heteroatoms. The summed E-state index contributed by atoms with van der Waals surface area (Å²) < 4.78 is 11.1. The molecule has 0 spiro atoms. The molecule has 3 heterocycles. The number of anilines is 1. The average Bonchev–Trinajstić information content (AvgIpc) is 3.11. The van der Waals surface area contributed by atoms with Gasteiger partial charge in [-0.3, -0.25) is 9.78 Å². The largest absolute Gasteiger partial charge is 0.388 e. The highest BCUT2D eigenvalue weighted by Gasteiger charge is 2.29. The van der Waals surface area contributed by atoms with Gasteiger partial charge in [0.2, 0.25) is 5.76 Å². The summed E-state index contributed by atoms with van der Waals surface area (Å²) in [5.74, 6) is 0.339. The van der Waals surface area contributed by atoms with Crippen LogP contribution in [-0.4, -0.2) is 47.7 Å². The predicted octanol–water partition coefficient (Wildman–Crippen LogP) is 2.76. The SMILES string of the molecule is CNc1cc(C)nc(C2CN(C(=O)c3cc(C(C)C)no3)CCO2)c1. The van der Waals surface area contributed by atoms with Crippen LogP contribution in [0.2, 0.25) is 0 Å². The van der Waals surface area contributed by atoms with E-state index in [0.717, 1.165) is 22.8 Å². The lowest BCUT2D eigenvalue weighted by atomic mass is 10.1. The van der Waals surface area contributed by atoms with Gasteiger partial charge in [0, 0.05) is 31.0 Å². The zero-order valence-electron chi connectivity index (χ0n) is 15.1. The highest BCUT2D eigenvalue weighted by molar-refractivity contribution is 5.91. The Kier molecular flexibility index (Phi) is 5.03. The number of aromatic nitrogens is 2. The Morgan fingerprint density at radius 3 is 2.84 bits per heavy atom. The molecule has 0 radical (unpaired) electrons. The van der Waals surface area contributed by atoms with Crippen LogP contribution < -0.4 is 5.32 Å². The van der Waals surface area contributed by atoms with Crippen LogP contribution in [0, 0.1) is 6.92 Å². The zero-order valence-corrected chi connectivity index (χ0v) is 15.1. The number of pyridine rings is 1. The first-order valence-corrected chi connectivity index (χ1v) is 8.51. The van der Waals surface area contributed by atoms with Gasteiger partial charge < -0.3 is 19.5 Å². The second kappa shape index (κ2) is 7.23. The topological polar surface area (TPSA) is 80.5 Å². The lowest BCUT2D eigenvalue weighted by Gasteiger charge is -2.32. The molecule has 1 aliphatic rings. The summed E-state index contributed by atoms with van der Waals surface area (Å²) in [5.41, 5.74) is 3.49. The van der Waals surface area contributed by atoms with Crippen molar-refractivity contribution >= 4 is 11.6 Å². The summed E-state index contributed by atoms with van der Waals surface area (Å²) in [7, 11) is 1.87. The number of aryl methyl sites for hydroxylation is 1. The molecule has 1 N–H and O–H groups in total. The third kappa shape index (κ3) is 3.82. The first kappa shape index (κ1) is 17.4. The second-order valence-electron chi connectivity index (χ2n) is 6.55. The number of nitrogens with zero attached hydrogens (tertiary/aromatic N) is 3. The van der Waals surface area contributed by atoms with E-state index in [-0.39, 0.29) is 23.7 Å². The highest BCUT2D eigenvalue weighted by atomic mass is 16.5. The predicted molar refractivity (Wildman–Crippen MR) is 93.7 cm³/mol. The minimum atomic E-state index is -0.253. The molecule has 0 aromatic carbocycles. The van der Waals surface area contributed by atoms with E-state index in [4.69, 9.17) is 9.26 Å². The molecule has 0 bridgehead atoms. The zero-order chi connectivity index (χ0) is 18.0. The van der Waals surface area contributed by atoms with Crippen LogP contribution in [0.15, 0.2) is 22.7 Å². The normalized spacial score (nSPS) is 17.8. The van der Waals surface area contributed by atoms with Gasteiger partial charge in [-0.2, -0.15) is 0 Å². The monoisotopic (exact) mass is 344 g/mol. The van der Waals surface area contributed by atoms with Crippen molar-refractivity contribution in [1.82, 2.24) is 15.0 Å². The van der Waals surface area contributed by atoms with Crippen LogP contribution in [0.3, 0.4) is 0 Å². The fourth-order valence-corrected chi connectivity index (χ4v) is 2.83. The molecule has 2 aromatic rings. The molecule has 1 fully saturated rings. The smallest absolute Gasteiger partial charge is 0.292 e. The van der Waals surface area contributed by atoms with Crippen LogP contribution in [0.5, 0.6) is 0 Å². The second-order valence-corrected chi connectivity index (χ2v) is 6.55. The van der Waals surface area contributed by atoms with Gasteiger partial charge in [-0.1, -0.05) is 19.0 Å². The summed E-state index contributed by atoms with van der Waals surface area (Å²) in [6.45, 7) is 7.40. The molecular formula is C18H24N4O3. The fourth-order valence-electron chi connectivity index (χ4n) is 2.83. The number of carbonyl (C=O) groups is 1. The Labute approximate surface area is 147 Å². The van der Waals surface area contributed by atoms with Crippen molar-refractivity contribution in [1.29, 1.82) is 0 Å². The Morgan fingerprint density at radius 2 is 2.16 bits per heavy atom. The molecule has 25 heavy (non-hydrogen) atoms. The van der Waals surface area contributed by atoms with Crippen LogP contribution in [0.25, 0.3) is 0 Å². The van der Waals surface area contributed by atoms with Gasteiger partial charge in [-0.15, -0.1) is 0 Å². The van der Waals surface area contributed by atoms with Gasteiger partial charge in [-0.25, -0.2) is 0 Å². The van der Waals surface area contributed by atoms with Gasteiger partial charge in [0.1, 0.15) is 6.10 Å². The van der Waals surface area contributed by atoms with Crippen LogP contribution >= 0.6 is 0 Å². The van der Waals surface area contributed by atoms with E-state index < -0.39 is 0 Å². The number of hydrogen-bond acceptors (Lipinski definition) is 6. The summed E-state index contributed by atoms with van der Waals surface area (Å²) in [6.07, 6.45) is -0.253. The Morgan fingerprint density at radius 1 is 1.36 bits per heavy atom. The van der Waals surface area contributed by atoms with E-state index in [0.29, 0.717) is 19.7 Å². The lowest BCUT2D eigenvalue weighted by molar-refractivity contribution is -0.0259. The molecule has 0 saturated carbocycles. The summed E-state index contributed by atoms with van der Waals surface area (Å²) in [5, 5.41) is 7.09. The molecule has 0 aliphatic carbocycles. The third-order valence-corrected chi connectivity index (χ3v) is 4.28. The lowest BCUT2D eigenvalue weighted by Crippen LogP contribution is -2.42. The minimum absolute atomic E-state index is 0.158. The Balaban J connectivity index is 1.76. The molecule has 1 aliphatic heterocycles. The van der Waals surface area contributed by atoms with Crippen LogP contribution in [0.4, 0.5) is 5.69 Å². The van der Waals surface area contributed by atoms with Crippen molar-refractivity contribution in [3.63, 3.8) is 0 Å². The molecular weight excluding hydrogens is 320 g/mol. The maximum absolute atomic E-state index is 12.7. The van der Waals surface area contributed by atoms with Crippen molar-refractivity contribution in [2.24, 2.45) is 0 Å². The van der Waals surface area contributed by atoms with Crippen molar-refractivity contribution in [2.75, 3.05) is 32.1 Å². The van der Waals surface area contributed by atoms with Gasteiger partial charge in [-0.05, 0) is 25.0 Å². The first-order chi connectivity index (χ1) is 12.0. The summed E-state index contributed by atoms with van der Waals surface area (Å²) in [4.78, 5) is 19.0. The van der Waals surface area contributed by atoms with E-state index in [1.807, 2.05) is 40.0 Å². The molecule has 1 unspecified atom stereocenters. The number of ether oxygens (including phenoxy) is 1. The number of nitrogens with one attached hydrogen (secondary N) is 1. The third-order valence-electron chi connectivity index (χ3n) is 4.28. The average molecular weight is 344 g/mol. The number of rotatable bonds is 4. The van der Waals surface area contributed by atoms with Crippen LogP contribution in [-0.2, 0) is 4.74 Å². The van der Waals surface area contributed by atoms with Gasteiger partial charge in [0.05, 0.1) is 24.5 Å². The van der Waals surface area contributed by atoms with Crippen molar-refractivity contribution in [3.8, 4) is 0 Å². The standard InChI is InChI=1S/C18H24N4O3/c1-11(2)14-9-16(25-21-14)18(23)22-5-6-24-17(10-22)15-8-13(19-4)7-12(3)20-15/h7-9,11,17H,5-6,10H2,1-4H3,(H,19,20). The van der Waals surface area contributed by atoms with Crippen molar-refractivity contribution in [3.05, 3.63) is 41.0 Å². The maximum atomic E-state index is 12.7.